The Morgan fingerprint density at radius 2 is 1.53 bits per heavy atom. The van der Waals surface area contributed by atoms with Gasteiger partial charge < -0.3 is 20.9 Å². The van der Waals surface area contributed by atoms with Crippen molar-refractivity contribution in [2.24, 2.45) is 0 Å². The van der Waals surface area contributed by atoms with E-state index in [1.54, 1.807) is 0 Å². The lowest BCUT2D eigenvalue weighted by atomic mass is 10.0. The predicted octanol–water partition coefficient (Wildman–Crippen LogP) is 4.33. The minimum absolute atomic E-state index is 0.111. The van der Waals surface area contributed by atoms with Gasteiger partial charge in [0.2, 0.25) is 0 Å². The van der Waals surface area contributed by atoms with Crippen LogP contribution >= 0.6 is 0 Å². The summed E-state index contributed by atoms with van der Waals surface area (Å²) in [5.41, 5.74) is 11.2. The fourth-order valence-corrected chi connectivity index (χ4v) is 3.85. The number of nitrogens with one attached hydrogen (secondary N) is 1. The van der Waals surface area contributed by atoms with Crippen LogP contribution in [-0.4, -0.2) is 44.0 Å². The molecular weight excluding hydrogens is 372 g/mol. The number of nitrogens with two attached hydrogens (primary N) is 1. The number of amides is 1. The molecule has 0 spiro atoms. The molecule has 1 amide bonds. The van der Waals surface area contributed by atoms with Crippen LogP contribution in [0.3, 0.4) is 0 Å². The SMILES string of the molecule is CN(C)C1CCN(c2ccc(NC(=O)c3ccc(-c4ccc(N)cc4)cc3)cc2)C1. The normalized spacial score (nSPS) is 16.1. The Balaban J connectivity index is 1.38. The van der Waals surface area contributed by atoms with E-state index in [4.69, 9.17) is 5.73 Å². The van der Waals surface area contributed by atoms with E-state index in [2.05, 4.69) is 41.3 Å². The van der Waals surface area contributed by atoms with Gasteiger partial charge >= 0.3 is 0 Å². The molecule has 0 aromatic heterocycles. The molecule has 5 heteroatoms. The second-order valence-electron chi connectivity index (χ2n) is 8.05. The lowest BCUT2D eigenvalue weighted by Crippen LogP contribution is -2.31. The van der Waals surface area contributed by atoms with E-state index in [1.165, 1.54) is 12.1 Å². The number of likely N-dealkylation sites (N-methyl/N-ethyl adjacent to an activating group) is 1. The van der Waals surface area contributed by atoms with Crippen molar-refractivity contribution in [2.45, 2.75) is 12.5 Å². The molecule has 154 valence electrons. The van der Waals surface area contributed by atoms with Gasteiger partial charge in [0.25, 0.3) is 5.91 Å². The van der Waals surface area contributed by atoms with Crippen LogP contribution in [0.5, 0.6) is 0 Å². The molecule has 3 aromatic carbocycles. The minimum atomic E-state index is -0.111. The maximum absolute atomic E-state index is 12.6. The van der Waals surface area contributed by atoms with E-state index in [-0.39, 0.29) is 5.91 Å². The number of carbonyl (C=O) groups is 1. The van der Waals surface area contributed by atoms with Crippen molar-refractivity contribution in [1.29, 1.82) is 0 Å². The van der Waals surface area contributed by atoms with E-state index in [9.17, 15) is 4.79 Å². The van der Waals surface area contributed by atoms with Crippen molar-refractivity contribution in [3.8, 4) is 11.1 Å². The molecule has 4 rings (SSSR count). The summed E-state index contributed by atoms with van der Waals surface area (Å²) in [6.07, 6.45) is 1.18. The number of hydrogen-bond donors (Lipinski definition) is 2. The summed E-state index contributed by atoms with van der Waals surface area (Å²) in [6, 6.07) is 24.0. The zero-order valence-corrected chi connectivity index (χ0v) is 17.5. The topological polar surface area (TPSA) is 61.6 Å². The van der Waals surface area contributed by atoms with Crippen LogP contribution in [0.2, 0.25) is 0 Å². The molecule has 1 unspecified atom stereocenters. The molecular formula is C25H28N4O. The molecule has 30 heavy (non-hydrogen) atoms. The summed E-state index contributed by atoms with van der Waals surface area (Å²) < 4.78 is 0. The predicted molar refractivity (Wildman–Crippen MR) is 125 cm³/mol. The average molecular weight is 401 g/mol. The molecule has 0 saturated carbocycles. The zero-order chi connectivity index (χ0) is 21.1. The molecule has 3 aromatic rings. The van der Waals surface area contributed by atoms with Gasteiger partial charge in [-0.25, -0.2) is 0 Å². The average Bonchev–Trinajstić information content (AvgIpc) is 3.26. The summed E-state index contributed by atoms with van der Waals surface area (Å²) in [6.45, 7) is 2.11. The van der Waals surface area contributed by atoms with Crippen molar-refractivity contribution in [3.05, 3.63) is 78.4 Å². The second kappa shape index (κ2) is 8.59. The van der Waals surface area contributed by atoms with Gasteiger partial charge in [-0.05, 0) is 80.2 Å². The van der Waals surface area contributed by atoms with E-state index in [1.807, 2.05) is 60.7 Å². The molecule has 3 N–H and O–H groups in total. The molecule has 1 saturated heterocycles. The minimum Gasteiger partial charge on any atom is -0.399 e. The summed E-state index contributed by atoms with van der Waals surface area (Å²) in [7, 11) is 4.27. The van der Waals surface area contributed by atoms with Gasteiger partial charge in [0.05, 0.1) is 0 Å². The summed E-state index contributed by atoms with van der Waals surface area (Å²) in [5.74, 6) is -0.111. The fourth-order valence-electron chi connectivity index (χ4n) is 3.85. The molecule has 0 aliphatic carbocycles. The van der Waals surface area contributed by atoms with Gasteiger partial charge in [-0.1, -0.05) is 24.3 Å². The zero-order valence-electron chi connectivity index (χ0n) is 17.5. The van der Waals surface area contributed by atoms with Crippen molar-refractivity contribution in [1.82, 2.24) is 4.90 Å². The van der Waals surface area contributed by atoms with Crippen molar-refractivity contribution >= 4 is 23.0 Å². The summed E-state index contributed by atoms with van der Waals surface area (Å²) in [5, 5.41) is 2.99. The number of nitrogen functional groups attached to an aromatic ring is 1. The van der Waals surface area contributed by atoms with E-state index >= 15 is 0 Å². The lowest BCUT2D eigenvalue weighted by molar-refractivity contribution is 0.102. The second-order valence-corrected chi connectivity index (χ2v) is 8.05. The van der Waals surface area contributed by atoms with Gasteiger partial charge in [-0.15, -0.1) is 0 Å². The third kappa shape index (κ3) is 4.47. The van der Waals surface area contributed by atoms with Crippen molar-refractivity contribution in [3.63, 3.8) is 0 Å². The number of benzene rings is 3. The first kappa shape index (κ1) is 20.0. The Hall–Kier alpha value is -3.31. The Kier molecular flexibility index (Phi) is 5.72. The smallest absolute Gasteiger partial charge is 0.255 e. The largest absolute Gasteiger partial charge is 0.399 e. The van der Waals surface area contributed by atoms with Gasteiger partial charge in [0.1, 0.15) is 0 Å². The maximum atomic E-state index is 12.6. The number of rotatable bonds is 5. The molecule has 1 fully saturated rings. The van der Waals surface area contributed by atoms with Crippen LogP contribution in [0.25, 0.3) is 11.1 Å². The van der Waals surface area contributed by atoms with Gasteiger partial charge in [0, 0.05) is 41.8 Å². The van der Waals surface area contributed by atoms with Gasteiger partial charge in [0.15, 0.2) is 0 Å². The first-order valence-corrected chi connectivity index (χ1v) is 10.3. The molecule has 1 aliphatic rings. The van der Waals surface area contributed by atoms with E-state index in [0.717, 1.165) is 35.6 Å². The van der Waals surface area contributed by atoms with Crippen LogP contribution in [-0.2, 0) is 0 Å². The quantitative estimate of drug-likeness (QED) is 0.626. The first-order valence-electron chi connectivity index (χ1n) is 10.3. The highest BCUT2D eigenvalue weighted by Gasteiger charge is 2.23. The van der Waals surface area contributed by atoms with Crippen molar-refractivity contribution < 1.29 is 4.79 Å². The van der Waals surface area contributed by atoms with E-state index < -0.39 is 0 Å². The van der Waals surface area contributed by atoms with Crippen LogP contribution in [0, 0.1) is 0 Å². The molecule has 1 aliphatic heterocycles. The van der Waals surface area contributed by atoms with Gasteiger partial charge in [-0.2, -0.15) is 0 Å². The van der Waals surface area contributed by atoms with Crippen LogP contribution < -0.4 is 16.0 Å². The standard InChI is InChI=1S/C25H28N4O/c1-28(2)24-15-16-29(17-24)23-13-11-22(12-14-23)27-25(30)20-5-3-18(4-6-20)19-7-9-21(26)10-8-19/h3-14,24H,15-17,26H2,1-2H3,(H,27,30). The fraction of sp³-hybridized carbons (Fsp3) is 0.240. The number of anilines is 3. The molecule has 0 bridgehead atoms. The highest BCUT2D eigenvalue weighted by atomic mass is 16.1. The van der Waals surface area contributed by atoms with E-state index in [0.29, 0.717) is 11.6 Å². The highest BCUT2D eigenvalue weighted by Crippen LogP contribution is 2.25. The van der Waals surface area contributed by atoms with Crippen LogP contribution in [0.4, 0.5) is 17.1 Å². The third-order valence-corrected chi connectivity index (χ3v) is 5.78. The maximum Gasteiger partial charge on any atom is 0.255 e. The lowest BCUT2D eigenvalue weighted by Gasteiger charge is -2.22. The highest BCUT2D eigenvalue weighted by molar-refractivity contribution is 6.04. The monoisotopic (exact) mass is 400 g/mol. The third-order valence-electron chi connectivity index (χ3n) is 5.78. The van der Waals surface area contributed by atoms with Crippen LogP contribution in [0.1, 0.15) is 16.8 Å². The molecule has 1 heterocycles. The first-order chi connectivity index (χ1) is 14.5. The summed E-state index contributed by atoms with van der Waals surface area (Å²) in [4.78, 5) is 17.3. The Bertz CT molecular complexity index is 995. The number of hydrogen-bond acceptors (Lipinski definition) is 4. The Morgan fingerprint density at radius 3 is 2.10 bits per heavy atom. The summed E-state index contributed by atoms with van der Waals surface area (Å²) >= 11 is 0. The van der Waals surface area contributed by atoms with Crippen LogP contribution in [0.15, 0.2) is 72.8 Å². The molecule has 0 radical (unpaired) electrons. The number of carbonyl (C=O) groups excluding carboxylic acids is 1. The number of nitrogens with zero attached hydrogens (tertiary/aromatic N) is 2. The molecule has 5 nitrogen and oxygen atoms in total. The Labute approximate surface area is 178 Å². The van der Waals surface area contributed by atoms with Gasteiger partial charge in [-0.3, -0.25) is 4.79 Å². The molecule has 1 atom stereocenters. The van der Waals surface area contributed by atoms with Crippen molar-refractivity contribution in [2.75, 3.05) is 43.1 Å². The Morgan fingerprint density at radius 1 is 0.933 bits per heavy atom.